The lowest BCUT2D eigenvalue weighted by Gasteiger charge is -2.14. The van der Waals surface area contributed by atoms with Crippen molar-refractivity contribution in [1.29, 1.82) is 0 Å². The zero-order chi connectivity index (χ0) is 18.8. The van der Waals surface area contributed by atoms with Gasteiger partial charge in [0.25, 0.3) is 0 Å². The van der Waals surface area contributed by atoms with Gasteiger partial charge in [0.05, 0.1) is 17.1 Å². The zero-order valence-electron chi connectivity index (χ0n) is 15.3. The van der Waals surface area contributed by atoms with E-state index < -0.39 is 6.10 Å². The van der Waals surface area contributed by atoms with Crippen molar-refractivity contribution in [3.05, 3.63) is 77.7 Å². The molecule has 27 heavy (non-hydrogen) atoms. The molecule has 0 aliphatic heterocycles. The smallest absolute Gasteiger partial charge is 0.161 e. The maximum atomic E-state index is 10.4. The Morgan fingerprint density at radius 3 is 2.59 bits per heavy atom. The highest BCUT2D eigenvalue weighted by Crippen LogP contribution is 2.25. The molecule has 0 saturated carbocycles. The summed E-state index contributed by atoms with van der Waals surface area (Å²) in [5.41, 5.74) is 5.31. The predicted octanol–water partition coefficient (Wildman–Crippen LogP) is 3.55. The average Bonchev–Trinajstić information content (AvgIpc) is 3.01. The number of hydrogen-bond donors (Lipinski definition) is 2. The summed E-state index contributed by atoms with van der Waals surface area (Å²) in [6.07, 6.45) is 0.962. The van der Waals surface area contributed by atoms with Gasteiger partial charge in [-0.25, -0.2) is 4.98 Å². The van der Waals surface area contributed by atoms with E-state index in [1.54, 1.807) is 10.7 Å². The summed E-state index contributed by atoms with van der Waals surface area (Å²) in [6.45, 7) is 4.31. The number of hydrogen-bond acceptors (Lipinski definition) is 5. The second-order valence-corrected chi connectivity index (χ2v) is 6.49. The topological polar surface area (TPSA) is 75.3 Å². The van der Waals surface area contributed by atoms with Gasteiger partial charge in [-0.1, -0.05) is 36.4 Å². The Morgan fingerprint density at radius 1 is 1.07 bits per heavy atom. The van der Waals surface area contributed by atoms with Crippen LogP contribution in [0.2, 0.25) is 0 Å². The number of rotatable bonds is 5. The molecule has 0 fully saturated rings. The highest BCUT2D eigenvalue weighted by atomic mass is 16.3. The average molecular weight is 359 g/mol. The lowest BCUT2D eigenvalue weighted by atomic mass is 10.1. The maximum Gasteiger partial charge on any atom is 0.161 e. The van der Waals surface area contributed by atoms with E-state index in [0.717, 1.165) is 34.0 Å². The Kier molecular flexibility index (Phi) is 4.56. The van der Waals surface area contributed by atoms with Crippen LogP contribution in [0.3, 0.4) is 0 Å². The molecule has 4 rings (SSSR count). The number of aliphatic hydroxyl groups is 1. The maximum absolute atomic E-state index is 10.4. The van der Waals surface area contributed by atoms with Gasteiger partial charge in [-0.3, -0.25) is 4.98 Å². The van der Waals surface area contributed by atoms with Crippen LogP contribution in [0.25, 0.3) is 16.9 Å². The van der Waals surface area contributed by atoms with E-state index in [1.807, 2.05) is 68.4 Å². The summed E-state index contributed by atoms with van der Waals surface area (Å²) >= 11 is 0. The summed E-state index contributed by atoms with van der Waals surface area (Å²) in [7, 11) is 0. The summed E-state index contributed by atoms with van der Waals surface area (Å²) in [5, 5.41) is 18.3. The highest BCUT2D eigenvalue weighted by molar-refractivity contribution is 5.68. The molecule has 0 saturated heterocycles. The molecule has 0 unspecified atom stereocenters. The van der Waals surface area contributed by atoms with E-state index >= 15 is 0 Å². The molecule has 0 radical (unpaired) electrons. The summed E-state index contributed by atoms with van der Waals surface area (Å²) in [4.78, 5) is 9.01. The standard InChI is InChI=1S/C21H21N5O/c1-14-15(2)25-26-20(23-13-19(27)17-10-6-7-11-22-17)12-18(24-21(14)26)16-8-4-3-5-9-16/h3-12,19,23,27H,13H2,1-2H3/t19-/m1/s1. The van der Waals surface area contributed by atoms with Gasteiger partial charge in [0.1, 0.15) is 11.9 Å². The minimum Gasteiger partial charge on any atom is -0.385 e. The number of aliphatic hydroxyl groups excluding tert-OH is 1. The first-order valence-corrected chi connectivity index (χ1v) is 8.89. The van der Waals surface area contributed by atoms with Gasteiger partial charge in [0.15, 0.2) is 5.65 Å². The number of anilines is 1. The molecule has 3 aromatic heterocycles. The van der Waals surface area contributed by atoms with Gasteiger partial charge in [0.2, 0.25) is 0 Å². The van der Waals surface area contributed by atoms with Crippen molar-refractivity contribution in [2.24, 2.45) is 0 Å². The van der Waals surface area contributed by atoms with E-state index in [-0.39, 0.29) is 0 Å². The molecule has 0 aliphatic rings. The van der Waals surface area contributed by atoms with Crippen LogP contribution in [-0.4, -0.2) is 31.2 Å². The van der Waals surface area contributed by atoms with E-state index in [9.17, 15) is 5.11 Å². The minimum atomic E-state index is -0.715. The molecule has 136 valence electrons. The molecule has 1 atom stereocenters. The van der Waals surface area contributed by atoms with Crippen molar-refractivity contribution in [1.82, 2.24) is 19.6 Å². The Balaban J connectivity index is 1.71. The lowest BCUT2D eigenvalue weighted by molar-refractivity contribution is 0.186. The van der Waals surface area contributed by atoms with Crippen molar-refractivity contribution in [2.75, 3.05) is 11.9 Å². The van der Waals surface area contributed by atoms with Crippen LogP contribution >= 0.6 is 0 Å². The fraction of sp³-hybridized carbons (Fsp3) is 0.190. The number of benzene rings is 1. The van der Waals surface area contributed by atoms with E-state index in [1.165, 1.54) is 0 Å². The van der Waals surface area contributed by atoms with Gasteiger partial charge < -0.3 is 10.4 Å². The molecule has 2 N–H and O–H groups in total. The van der Waals surface area contributed by atoms with Crippen molar-refractivity contribution < 1.29 is 5.11 Å². The third-order valence-corrected chi connectivity index (χ3v) is 4.63. The Hall–Kier alpha value is -3.25. The monoisotopic (exact) mass is 359 g/mol. The number of aryl methyl sites for hydroxylation is 2. The minimum absolute atomic E-state index is 0.322. The van der Waals surface area contributed by atoms with Crippen LogP contribution in [0, 0.1) is 13.8 Å². The van der Waals surface area contributed by atoms with E-state index in [4.69, 9.17) is 4.98 Å². The Labute approximate surface area is 157 Å². The SMILES string of the molecule is Cc1nn2c(NC[C@@H](O)c3ccccn3)cc(-c3ccccc3)nc2c1C. The van der Waals surface area contributed by atoms with Gasteiger partial charge in [0, 0.05) is 29.9 Å². The first-order valence-electron chi connectivity index (χ1n) is 8.89. The Morgan fingerprint density at radius 2 is 1.85 bits per heavy atom. The zero-order valence-corrected chi connectivity index (χ0v) is 15.3. The number of aromatic nitrogens is 4. The normalized spacial score (nSPS) is 12.3. The van der Waals surface area contributed by atoms with Crippen LogP contribution < -0.4 is 5.32 Å². The summed E-state index contributed by atoms with van der Waals surface area (Å²) < 4.78 is 1.79. The summed E-state index contributed by atoms with van der Waals surface area (Å²) in [5.74, 6) is 0.782. The third kappa shape index (κ3) is 3.39. The Bertz CT molecular complexity index is 1060. The molecule has 6 nitrogen and oxygen atoms in total. The largest absolute Gasteiger partial charge is 0.385 e. The lowest BCUT2D eigenvalue weighted by Crippen LogP contribution is -2.15. The molecule has 0 amide bonds. The second-order valence-electron chi connectivity index (χ2n) is 6.49. The second kappa shape index (κ2) is 7.17. The van der Waals surface area contributed by atoms with Gasteiger partial charge >= 0.3 is 0 Å². The number of nitrogens with zero attached hydrogens (tertiary/aromatic N) is 4. The van der Waals surface area contributed by atoms with Gasteiger partial charge in [-0.2, -0.15) is 9.61 Å². The predicted molar refractivity (Wildman–Crippen MR) is 106 cm³/mol. The molecule has 0 bridgehead atoms. The molecule has 6 heteroatoms. The molecule has 3 heterocycles. The molecule has 0 spiro atoms. The molecular weight excluding hydrogens is 338 g/mol. The summed E-state index contributed by atoms with van der Waals surface area (Å²) in [6, 6.07) is 17.5. The van der Waals surface area contributed by atoms with Gasteiger partial charge in [-0.15, -0.1) is 0 Å². The van der Waals surface area contributed by atoms with Crippen molar-refractivity contribution >= 4 is 11.5 Å². The van der Waals surface area contributed by atoms with E-state index in [2.05, 4.69) is 15.4 Å². The molecule has 1 aromatic carbocycles. The van der Waals surface area contributed by atoms with Crippen LogP contribution in [0.5, 0.6) is 0 Å². The fourth-order valence-electron chi connectivity index (χ4n) is 2.99. The van der Waals surface area contributed by atoms with Crippen molar-refractivity contribution in [2.45, 2.75) is 20.0 Å². The number of nitrogens with one attached hydrogen (secondary N) is 1. The first kappa shape index (κ1) is 17.2. The van der Waals surface area contributed by atoms with E-state index in [0.29, 0.717) is 12.2 Å². The van der Waals surface area contributed by atoms with Crippen molar-refractivity contribution in [3.8, 4) is 11.3 Å². The molecular formula is C21H21N5O. The third-order valence-electron chi connectivity index (χ3n) is 4.63. The quantitative estimate of drug-likeness (QED) is 0.570. The van der Waals surface area contributed by atoms with Crippen LogP contribution in [0.15, 0.2) is 60.8 Å². The van der Waals surface area contributed by atoms with Crippen molar-refractivity contribution in [3.63, 3.8) is 0 Å². The fourth-order valence-corrected chi connectivity index (χ4v) is 2.99. The molecule has 0 aliphatic carbocycles. The van der Waals surface area contributed by atoms with Gasteiger partial charge in [-0.05, 0) is 26.0 Å². The van der Waals surface area contributed by atoms with Crippen LogP contribution in [-0.2, 0) is 0 Å². The number of pyridine rings is 1. The van der Waals surface area contributed by atoms with Crippen LogP contribution in [0.1, 0.15) is 23.1 Å². The highest BCUT2D eigenvalue weighted by Gasteiger charge is 2.15. The molecule has 4 aromatic rings. The van der Waals surface area contributed by atoms with Crippen LogP contribution in [0.4, 0.5) is 5.82 Å². The number of fused-ring (bicyclic) bond motifs is 1. The first-order chi connectivity index (χ1) is 13.1.